The van der Waals surface area contributed by atoms with Crippen LogP contribution in [0.15, 0.2) is 29.1 Å². The first kappa shape index (κ1) is 10.2. The Morgan fingerprint density at radius 3 is 2.73 bits per heavy atom. The highest BCUT2D eigenvalue weighted by molar-refractivity contribution is 6.20. The van der Waals surface area contributed by atoms with Gasteiger partial charge in [0.15, 0.2) is 0 Å². The number of H-pyrrole nitrogens is 1. The molecule has 1 N–H and O–H groups in total. The molecule has 0 radical (unpaired) electrons. The molecule has 3 heteroatoms. The van der Waals surface area contributed by atoms with Crippen LogP contribution in [0.2, 0.25) is 0 Å². The Hall–Kier alpha value is -1.28. The van der Waals surface area contributed by atoms with Crippen molar-refractivity contribution in [3.63, 3.8) is 0 Å². The van der Waals surface area contributed by atoms with E-state index in [0.717, 1.165) is 22.0 Å². The molecule has 2 aromatic rings. The molecule has 0 bridgehead atoms. The molecule has 1 unspecified atom stereocenters. The summed E-state index contributed by atoms with van der Waals surface area (Å²) in [7, 11) is 0. The molecule has 0 fully saturated rings. The van der Waals surface area contributed by atoms with Gasteiger partial charge < -0.3 is 4.98 Å². The van der Waals surface area contributed by atoms with Gasteiger partial charge in [0.05, 0.1) is 5.38 Å². The molecule has 0 amide bonds. The maximum Gasteiger partial charge on any atom is 0.251 e. The highest BCUT2D eigenvalue weighted by Crippen LogP contribution is 2.22. The Morgan fingerprint density at radius 1 is 1.33 bits per heavy atom. The summed E-state index contributed by atoms with van der Waals surface area (Å²) >= 11 is 5.98. The van der Waals surface area contributed by atoms with E-state index in [9.17, 15) is 4.79 Å². The molecule has 0 aliphatic carbocycles. The second-order valence-corrected chi connectivity index (χ2v) is 4.40. The van der Waals surface area contributed by atoms with Crippen molar-refractivity contribution in [2.75, 3.05) is 0 Å². The summed E-state index contributed by atoms with van der Waals surface area (Å²) in [6, 6.07) is 7.77. The van der Waals surface area contributed by atoms with Gasteiger partial charge >= 0.3 is 0 Å². The van der Waals surface area contributed by atoms with Gasteiger partial charge in [-0.15, -0.1) is 11.6 Å². The highest BCUT2D eigenvalue weighted by atomic mass is 35.5. The Bertz CT molecular complexity index is 557. The molecule has 1 heterocycles. The Morgan fingerprint density at radius 2 is 2.07 bits per heavy atom. The van der Waals surface area contributed by atoms with Crippen LogP contribution in [-0.2, 0) is 0 Å². The number of fused-ring (bicyclic) bond motifs is 1. The van der Waals surface area contributed by atoms with Crippen molar-refractivity contribution in [3.05, 3.63) is 45.7 Å². The number of benzene rings is 1. The molecule has 1 aromatic carbocycles. The average Bonchev–Trinajstić information content (AvgIpc) is 2.19. The summed E-state index contributed by atoms with van der Waals surface area (Å²) in [5.41, 5.74) is 2.55. The van der Waals surface area contributed by atoms with E-state index in [0.29, 0.717) is 0 Å². The number of pyridine rings is 1. The summed E-state index contributed by atoms with van der Waals surface area (Å²) in [5, 5.41) is 0.993. The molecule has 78 valence electrons. The van der Waals surface area contributed by atoms with Crippen molar-refractivity contribution in [1.29, 1.82) is 0 Å². The number of aryl methyl sites for hydroxylation is 1. The minimum atomic E-state index is -0.0424. The molecule has 0 aliphatic heterocycles. The lowest BCUT2D eigenvalue weighted by atomic mass is 10.1. The normalized spacial score (nSPS) is 13.0. The van der Waals surface area contributed by atoms with Crippen LogP contribution in [0.4, 0.5) is 0 Å². The van der Waals surface area contributed by atoms with Crippen molar-refractivity contribution < 1.29 is 0 Å². The van der Waals surface area contributed by atoms with E-state index in [2.05, 4.69) is 4.98 Å². The van der Waals surface area contributed by atoms with Gasteiger partial charge in [0, 0.05) is 11.1 Å². The third-order valence-electron chi connectivity index (χ3n) is 2.52. The van der Waals surface area contributed by atoms with Crippen LogP contribution in [0.5, 0.6) is 0 Å². The molecule has 0 spiro atoms. The molecule has 2 nitrogen and oxygen atoms in total. The van der Waals surface area contributed by atoms with E-state index in [1.807, 2.05) is 31.2 Å². The second kappa shape index (κ2) is 3.70. The van der Waals surface area contributed by atoms with E-state index in [-0.39, 0.29) is 10.9 Å². The molecule has 0 saturated heterocycles. The first-order valence-electron chi connectivity index (χ1n) is 4.85. The maximum atomic E-state index is 11.4. The van der Waals surface area contributed by atoms with Crippen LogP contribution in [0, 0.1) is 6.92 Å². The lowest BCUT2D eigenvalue weighted by Gasteiger charge is -2.05. The van der Waals surface area contributed by atoms with Crippen molar-refractivity contribution in [2.45, 2.75) is 19.2 Å². The van der Waals surface area contributed by atoms with Gasteiger partial charge in [-0.2, -0.15) is 0 Å². The Labute approximate surface area is 92.9 Å². The summed E-state index contributed by atoms with van der Waals surface area (Å²) in [6.45, 7) is 3.71. The van der Waals surface area contributed by atoms with E-state index < -0.39 is 0 Å². The quantitative estimate of drug-likeness (QED) is 0.738. The molecular weight excluding hydrogens is 210 g/mol. The van der Waals surface area contributed by atoms with E-state index >= 15 is 0 Å². The maximum absolute atomic E-state index is 11.4. The molecule has 1 aromatic heterocycles. The zero-order chi connectivity index (χ0) is 11.0. The van der Waals surface area contributed by atoms with Gasteiger partial charge in [0.1, 0.15) is 0 Å². The van der Waals surface area contributed by atoms with Gasteiger partial charge in [-0.3, -0.25) is 4.79 Å². The van der Waals surface area contributed by atoms with Crippen molar-refractivity contribution >= 4 is 22.5 Å². The number of halogens is 1. The lowest BCUT2D eigenvalue weighted by Crippen LogP contribution is -2.08. The number of rotatable bonds is 1. The standard InChI is InChI=1S/C12H12ClNO/c1-7-5-10-4-3-9(8(2)13)6-11(10)14-12(7)15/h3-6,8H,1-2H3,(H,14,15). The topological polar surface area (TPSA) is 32.9 Å². The van der Waals surface area contributed by atoms with Crippen LogP contribution in [0.1, 0.15) is 23.4 Å². The molecule has 0 aliphatic rings. The Kier molecular flexibility index (Phi) is 2.53. The van der Waals surface area contributed by atoms with Gasteiger partial charge in [0.2, 0.25) is 0 Å². The fraction of sp³-hybridized carbons (Fsp3) is 0.250. The fourth-order valence-electron chi connectivity index (χ4n) is 1.58. The van der Waals surface area contributed by atoms with Gasteiger partial charge in [0.25, 0.3) is 5.56 Å². The largest absolute Gasteiger partial charge is 0.322 e. The first-order valence-corrected chi connectivity index (χ1v) is 5.29. The molecule has 0 saturated carbocycles. The van der Waals surface area contributed by atoms with Crippen molar-refractivity contribution in [1.82, 2.24) is 4.98 Å². The monoisotopic (exact) mass is 221 g/mol. The second-order valence-electron chi connectivity index (χ2n) is 3.74. The SMILES string of the molecule is Cc1cc2ccc(C(C)Cl)cc2[nH]c1=O. The lowest BCUT2D eigenvalue weighted by molar-refractivity contribution is 1.08. The fourth-order valence-corrected chi connectivity index (χ4v) is 1.71. The number of aromatic amines is 1. The van der Waals surface area contributed by atoms with Crippen LogP contribution in [0.3, 0.4) is 0 Å². The van der Waals surface area contributed by atoms with Gasteiger partial charge in [-0.1, -0.05) is 12.1 Å². The van der Waals surface area contributed by atoms with Gasteiger partial charge in [-0.25, -0.2) is 0 Å². The number of aromatic nitrogens is 1. The summed E-state index contributed by atoms with van der Waals surface area (Å²) in [5.74, 6) is 0. The zero-order valence-corrected chi connectivity index (χ0v) is 9.43. The number of nitrogens with one attached hydrogen (secondary N) is 1. The number of alkyl halides is 1. The summed E-state index contributed by atoms with van der Waals surface area (Å²) < 4.78 is 0. The predicted molar refractivity (Wildman–Crippen MR) is 63.6 cm³/mol. The molecule has 2 rings (SSSR count). The van der Waals surface area contributed by atoms with Gasteiger partial charge in [-0.05, 0) is 36.9 Å². The van der Waals surface area contributed by atoms with Crippen molar-refractivity contribution in [2.24, 2.45) is 0 Å². The molecule has 15 heavy (non-hydrogen) atoms. The van der Waals surface area contributed by atoms with E-state index in [4.69, 9.17) is 11.6 Å². The minimum absolute atomic E-state index is 0.0399. The van der Waals surface area contributed by atoms with Crippen LogP contribution in [0.25, 0.3) is 10.9 Å². The average molecular weight is 222 g/mol. The van der Waals surface area contributed by atoms with E-state index in [1.54, 1.807) is 6.92 Å². The minimum Gasteiger partial charge on any atom is -0.322 e. The molecular formula is C12H12ClNO. The van der Waals surface area contributed by atoms with E-state index in [1.165, 1.54) is 0 Å². The number of hydrogen-bond acceptors (Lipinski definition) is 1. The van der Waals surface area contributed by atoms with Crippen LogP contribution >= 0.6 is 11.6 Å². The number of hydrogen-bond donors (Lipinski definition) is 1. The first-order chi connectivity index (χ1) is 7.08. The Balaban J connectivity index is 2.72. The van der Waals surface area contributed by atoms with Crippen LogP contribution in [-0.4, -0.2) is 4.98 Å². The zero-order valence-electron chi connectivity index (χ0n) is 8.67. The predicted octanol–water partition coefficient (Wildman–Crippen LogP) is 3.14. The molecule has 1 atom stereocenters. The summed E-state index contributed by atoms with van der Waals surface area (Å²) in [4.78, 5) is 14.3. The highest BCUT2D eigenvalue weighted by Gasteiger charge is 2.03. The van der Waals surface area contributed by atoms with Crippen LogP contribution < -0.4 is 5.56 Å². The smallest absolute Gasteiger partial charge is 0.251 e. The third-order valence-corrected chi connectivity index (χ3v) is 2.77. The summed E-state index contributed by atoms with van der Waals surface area (Å²) in [6.07, 6.45) is 0. The van der Waals surface area contributed by atoms with Crippen molar-refractivity contribution in [3.8, 4) is 0 Å². The third kappa shape index (κ3) is 1.90.